The van der Waals surface area contributed by atoms with Gasteiger partial charge < -0.3 is 9.80 Å². The zero-order chi connectivity index (χ0) is 19.5. The number of piperidine rings is 1. The van der Waals surface area contributed by atoms with Crippen LogP contribution in [0.2, 0.25) is 0 Å². The Morgan fingerprint density at radius 2 is 2.00 bits per heavy atom. The number of aromatic nitrogens is 5. The van der Waals surface area contributed by atoms with Crippen LogP contribution in [0.15, 0.2) is 29.3 Å². The van der Waals surface area contributed by atoms with E-state index in [4.69, 9.17) is 0 Å². The summed E-state index contributed by atoms with van der Waals surface area (Å²) in [6.45, 7) is 5.65. The molecule has 2 saturated heterocycles. The van der Waals surface area contributed by atoms with E-state index in [1.54, 1.807) is 24.5 Å². The minimum Gasteiger partial charge on any atom is -0.338 e. The highest BCUT2D eigenvalue weighted by Crippen LogP contribution is 2.39. The fourth-order valence-corrected chi connectivity index (χ4v) is 4.63. The van der Waals surface area contributed by atoms with Gasteiger partial charge in [0.1, 0.15) is 5.52 Å². The average Bonchev–Trinajstić information content (AvgIpc) is 3.27. The monoisotopic (exact) mass is 381 g/mol. The van der Waals surface area contributed by atoms with E-state index in [1.165, 1.54) is 9.20 Å². The lowest BCUT2D eigenvalue weighted by molar-refractivity contribution is -0.0268. The second kappa shape index (κ2) is 6.03. The first-order chi connectivity index (χ1) is 13.5. The van der Waals surface area contributed by atoms with Crippen LogP contribution < -0.4 is 5.56 Å². The van der Waals surface area contributed by atoms with Crippen LogP contribution >= 0.6 is 0 Å². The van der Waals surface area contributed by atoms with Crippen molar-refractivity contribution in [3.05, 3.63) is 46.1 Å². The number of aromatic amines is 1. The first-order valence-electron chi connectivity index (χ1n) is 9.56. The maximum atomic E-state index is 13.0. The van der Waals surface area contributed by atoms with Gasteiger partial charge in [-0.2, -0.15) is 5.10 Å². The minimum atomic E-state index is -0.246. The first-order valence-corrected chi connectivity index (χ1v) is 9.56. The van der Waals surface area contributed by atoms with Crippen molar-refractivity contribution in [1.82, 2.24) is 34.2 Å². The number of fused-ring (bicyclic) bond motifs is 1. The standard InChI is InChI=1S/C19H23N7O2/c1-13-14(17(28)24-8-5-19(6-9-24)11-23(2)12-19)10-20-26(13)18-21-16(27)15-4-3-7-25(15)22-18/h3-4,7,10H,5-6,8-9,11-12H2,1-2H3,(H,21,22,27). The molecule has 28 heavy (non-hydrogen) atoms. The SMILES string of the molecule is Cc1c(C(=O)N2CCC3(CC2)CN(C)C3)cnn1-c1nn2cccc2c(=O)[nH]1. The summed E-state index contributed by atoms with van der Waals surface area (Å²) < 4.78 is 3.02. The Morgan fingerprint density at radius 3 is 2.71 bits per heavy atom. The van der Waals surface area contributed by atoms with Crippen molar-refractivity contribution in [2.24, 2.45) is 5.41 Å². The Labute approximate surface area is 161 Å². The highest BCUT2D eigenvalue weighted by Gasteiger charge is 2.44. The average molecular weight is 381 g/mol. The predicted molar refractivity (Wildman–Crippen MR) is 103 cm³/mol. The van der Waals surface area contributed by atoms with Gasteiger partial charge in [-0.05, 0) is 44.4 Å². The van der Waals surface area contributed by atoms with E-state index in [9.17, 15) is 9.59 Å². The van der Waals surface area contributed by atoms with Gasteiger partial charge in [0.05, 0.1) is 17.5 Å². The first kappa shape index (κ1) is 17.2. The van der Waals surface area contributed by atoms with Crippen molar-refractivity contribution in [1.29, 1.82) is 0 Å². The molecule has 5 rings (SSSR count). The van der Waals surface area contributed by atoms with Crippen molar-refractivity contribution in [3.8, 4) is 5.95 Å². The molecule has 0 saturated carbocycles. The molecule has 2 aliphatic rings. The van der Waals surface area contributed by atoms with E-state index in [2.05, 4.69) is 27.1 Å². The Balaban J connectivity index is 1.39. The number of hydrogen-bond acceptors (Lipinski definition) is 5. The third kappa shape index (κ3) is 2.57. The number of likely N-dealkylation sites (tertiary alicyclic amines) is 2. The van der Waals surface area contributed by atoms with Crippen molar-refractivity contribution >= 4 is 11.4 Å². The van der Waals surface area contributed by atoms with E-state index in [0.717, 1.165) is 39.0 Å². The van der Waals surface area contributed by atoms with Gasteiger partial charge in [0, 0.05) is 32.4 Å². The summed E-state index contributed by atoms with van der Waals surface area (Å²) in [6.07, 6.45) is 5.38. The summed E-state index contributed by atoms with van der Waals surface area (Å²) in [5, 5.41) is 8.71. The molecule has 0 radical (unpaired) electrons. The third-order valence-electron chi connectivity index (χ3n) is 6.15. The maximum absolute atomic E-state index is 13.0. The van der Waals surface area contributed by atoms with E-state index in [-0.39, 0.29) is 11.5 Å². The lowest BCUT2D eigenvalue weighted by Crippen LogP contribution is -2.59. The van der Waals surface area contributed by atoms with Crippen LogP contribution in [0.3, 0.4) is 0 Å². The molecular weight excluding hydrogens is 358 g/mol. The van der Waals surface area contributed by atoms with Crippen molar-refractivity contribution in [2.45, 2.75) is 19.8 Å². The Kier molecular flexibility index (Phi) is 3.70. The molecule has 0 aromatic carbocycles. The topological polar surface area (TPSA) is 91.5 Å². The van der Waals surface area contributed by atoms with E-state index < -0.39 is 0 Å². The molecule has 9 nitrogen and oxygen atoms in total. The molecule has 146 valence electrons. The number of H-pyrrole nitrogens is 1. The molecule has 0 aliphatic carbocycles. The van der Waals surface area contributed by atoms with Gasteiger partial charge in [-0.1, -0.05) is 0 Å². The fraction of sp³-hybridized carbons (Fsp3) is 0.474. The fourth-order valence-electron chi connectivity index (χ4n) is 4.63. The molecular formula is C19H23N7O2. The highest BCUT2D eigenvalue weighted by atomic mass is 16.2. The maximum Gasteiger partial charge on any atom is 0.276 e. The normalized spacial score (nSPS) is 19.3. The predicted octanol–water partition coefficient (Wildman–Crippen LogP) is 0.685. The van der Waals surface area contributed by atoms with E-state index in [1.807, 2.05) is 11.8 Å². The summed E-state index contributed by atoms with van der Waals surface area (Å²) >= 11 is 0. The molecule has 1 spiro atoms. The molecule has 1 amide bonds. The van der Waals surface area contributed by atoms with Crippen LogP contribution in [0.4, 0.5) is 0 Å². The summed E-state index contributed by atoms with van der Waals surface area (Å²) in [5.74, 6) is 0.288. The van der Waals surface area contributed by atoms with Crippen LogP contribution in [0, 0.1) is 12.3 Å². The van der Waals surface area contributed by atoms with Crippen LogP contribution in [-0.4, -0.2) is 73.3 Å². The Bertz CT molecular complexity index is 1110. The second-order valence-corrected chi connectivity index (χ2v) is 8.14. The van der Waals surface area contributed by atoms with Gasteiger partial charge in [-0.3, -0.25) is 14.6 Å². The smallest absolute Gasteiger partial charge is 0.276 e. The highest BCUT2D eigenvalue weighted by molar-refractivity contribution is 5.95. The van der Waals surface area contributed by atoms with Gasteiger partial charge in [0.2, 0.25) is 5.95 Å². The van der Waals surface area contributed by atoms with Crippen molar-refractivity contribution < 1.29 is 4.79 Å². The second-order valence-electron chi connectivity index (χ2n) is 8.14. The molecule has 5 heterocycles. The molecule has 3 aromatic heterocycles. The molecule has 3 aromatic rings. The molecule has 0 atom stereocenters. The van der Waals surface area contributed by atoms with Crippen molar-refractivity contribution in [2.75, 3.05) is 33.2 Å². The summed E-state index contributed by atoms with van der Waals surface area (Å²) in [7, 11) is 2.14. The lowest BCUT2D eigenvalue weighted by Gasteiger charge is -2.52. The Morgan fingerprint density at radius 1 is 1.25 bits per heavy atom. The van der Waals surface area contributed by atoms with Crippen LogP contribution in [0.5, 0.6) is 0 Å². The summed E-state index contributed by atoms with van der Waals surface area (Å²) in [4.78, 5) is 32.3. The molecule has 2 fully saturated rings. The Hall–Kier alpha value is -2.94. The van der Waals surface area contributed by atoms with Gasteiger partial charge in [0.15, 0.2) is 0 Å². The van der Waals surface area contributed by atoms with Crippen LogP contribution in [0.25, 0.3) is 11.5 Å². The van der Waals surface area contributed by atoms with E-state index in [0.29, 0.717) is 28.1 Å². The zero-order valence-electron chi connectivity index (χ0n) is 16.1. The number of rotatable bonds is 2. The summed E-state index contributed by atoms with van der Waals surface area (Å²) in [6, 6.07) is 3.46. The molecule has 9 heteroatoms. The largest absolute Gasteiger partial charge is 0.338 e. The number of nitrogens with zero attached hydrogens (tertiary/aromatic N) is 6. The molecule has 2 aliphatic heterocycles. The third-order valence-corrected chi connectivity index (χ3v) is 6.15. The zero-order valence-corrected chi connectivity index (χ0v) is 16.1. The minimum absolute atomic E-state index is 0.00401. The molecule has 0 unspecified atom stereocenters. The van der Waals surface area contributed by atoms with E-state index >= 15 is 0 Å². The number of nitrogens with one attached hydrogen (secondary N) is 1. The van der Waals surface area contributed by atoms with Gasteiger partial charge in [0.25, 0.3) is 11.5 Å². The lowest BCUT2D eigenvalue weighted by atomic mass is 9.72. The quantitative estimate of drug-likeness (QED) is 0.705. The number of amides is 1. The van der Waals surface area contributed by atoms with Crippen LogP contribution in [-0.2, 0) is 0 Å². The van der Waals surface area contributed by atoms with Gasteiger partial charge in [-0.15, -0.1) is 5.10 Å². The van der Waals surface area contributed by atoms with Gasteiger partial charge in [-0.25, -0.2) is 9.20 Å². The molecule has 0 bridgehead atoms. The van der Waals surface area contributed by atoms with Crippen LogP contribution in [0.1, 0.15) is 28.9 Å². The molecule has 1 N–H and O–H groups in total. The van der Waals surface area contributed by atoms with Gasteiger partial charge >= 0.3 is 0 Å². The number of hydrogen-bond donors (Lipinski definition) is 1. The van der Waals surface area contributed by atoms with Crippen molar-refractivity contribution in [3.63, 3.8) is 0 Å². The number of carbonyl (C=O) groups excluding carboxylic acids is 1. The summed E-state index contributed by atoms with van der Waals surface area (Å²) in [5.41, 5.74) is 1.85. The number of carbonyl (C=O) groups is 1.